The quantitative estimate of drug-likeness (QED) is 0.688. The molecule has 1 aromatic carbocycles. The lowest BCUT2D eigenvalue weighted by atomic mass is 10.0. The van der Waals surface area contributed by atoms with E-state index in [0.717, 1.165) is 50.6 Å². The number of benzene rings is 1. The molecule has 31 heavy (non-hydrogen) atoms. The van der Waals surface area contributed by atoms with E-state index in [1.807, 2.05) is 12.1 Å². The largest absolute Gasteiger partial charge is 0.379 e. The molecule has 1 unspecified atom stereocenters. The number of nitrogens with zero attached hydrogens (tertiary/aromatic N) is 3. The van der Waals surface area contributed by atoms with E-state index in [2.05, 4.69) is 15.3 Å². The fourth-order valence-corrected chi connectivity index (χ4v) is 4.61. The Bertz CT molecular complexity index is 1110. The predicted octanol–water partition coefficient (Wildman–Crippen LogP) is 3.86. The van der Waals surface area contributed by atoms with Gasteiger partial charge in [0.05, 0.1) is 36.0 Å². The van der Waals surface area contributed by atoms with Gasteiger partial charge in [-0.3, -0.25) is 4.79 Å². The van der Waals surface area contributed by atoms with Crippen LogP contribution in [0.5, 0.6) is 0 Å². The standard InChI is InChI=1S/C23H24F2N4O2/c24-15-5-6-20(25)18(11-15)21-4-1-8-28(21)17-7-9-29-22(12-17)19(13-26-29)23(30)27-16-3-2-10-31-14-16/h5-7,9,11-13,16,21H,1-4,8,10,14H2,(H,27,30)/t16?,21-/m1/s1. The number of ether oxygens (including phenoxy) is 1. The van der Waals surface area contributed by atoms with Gasteiger partial charge < -0.3 is 15.0 Å². The molecule has 0 spiro atoms. The summed E-state index contributed by atoms with van der Waals surface area (Å²) in [6.45, 7) is 1.98. The van der Waals surface area contributed by atoms with Crippen LogP contribution in [0.3, 0.4) is 0 Å². The highest BCUT2D eigenvalue weighted by molar-refractivity contribution is 6.01. The molecule has 1 N–H and O–H groups in total. The Labute approximate surface area is 178 Å². The SMILES string of the molecule is O=C(NC1CCCOC1)c1cnn2ccc(N3CCC[C@@H]3c3cc(F)ccc3F)cc12. The zero-order valence-corrected chi connectivity index (χ0v) is 17.1. The van der Waals surface area contributed by atoms with Crippen molar-refractivity contribution in [2.24, 2.45) is 0 Å². The molecular weight excluding hydrogens is 402 g/mol. The molecule has 162 valence electrons. The molecule has 0 bridgehead atoms. The Morgan fingerprint density at radius 1 is 1.16 bits per heavy atom. The van der Waals surface area contributed by atoms with Crippen molar-refractivity contribution < 1.29 is 18.3 Å². The maximum atomic E-state index is 14.4. The van der Waals surface area contributed by atoms with E-state index in [1.54, 1.807) is 16.9 Å². The number of carbonyl (C=O) groups excluding carboxylic acids is 1. The molecule has 8 heteroatoms. The van der Waals surface area contributed by atoms with Crippen LogP contribution in [-0.2, 0) is 4.74 Å². The number of carbonyl (C=O) groups is 1. The molecule has 2 aliphatic rings. The van der Waals surface area contributed by atoms with Crippen molar-refractivity contribution in [1.29, 1.82) is 0 Å². The molecule has 1 amide bonds. The Balaban J connectivity index is 1.44. The van der Waals surface area contributed by atoms with Gasteiger partial charge in [0, 0.05) is 30.6 Å². The first-order chi connectivity index (χ1) is 15.1. The summed E-state index contributed by atoms with van der Waals surface area (Å²) in [7, 11) is 0. The lowest BCUT2D eigenvalue weighted by molar-refractivity contribution is 0.0625. The average Bonchev–Trinajstić information content (AvgIpc) is 3.43. The first-order valence-corrected chi connectivity index (χ1v) is 10.7. The maximum Gasteiger partial charge on any atom is 0.255 e. The molecule has 2 fully saturated rings. The van der Waals surface area contributed by atoms with Crippen LogP contribution in [0.15, 0.2) is 42.7 Å². The van der Waals surface area contributed by atoms with Crippen LogP contribution in [0.4, 0.5) is 14.5 Å². The van der Waals surface area contributed by atoms with E-state index >= 15 is 0 Å². The second-order valence-corrected chi connectivity index (χ2v) is 8.18. The minimum atomic E-state index is -0.444. The van der Waals surface area contributed by atoms with Crippen molar-refractivity contribution in [2.75, 3.05) is 24.7 Å². The molecule has 0 saturated carbocycles. The predicted molar refractivity (Wildman–Crippen MR) is 112 cm³/mol. The molecule has 2 aliphatic heterocycles. The van der Waals surface area contributed by atoms with Gasteiger partial charge in [-0.15, -0.1) is 0 Å². The number of rotatable bonds is 4. The molecule has 2 aromatic heterocycles. The highest BCUT2D eigenvalue weighted by Crippen LogP contribution is 2.38. The second kappa shape index (κ2) is 8.26. The summed E-state index contributed by atoms with van der Waals surface area (Å²) in [4.78, 5) is 14.9. The van der Waals surface area contributed by atoms with Gasteiger partial charge in [-0.1, -0.05) is 0 Å². The van der Waals surface area contributed by atoms with Crippen molar-refractivity contribution in [3.63, 3.8) is 0 Å². The fourth-order valence-electron chi connectivity index (χ4n) is 4.61. The van der Waals surface area contributed by atoms with Gasteiger partial charge in [-0.05, 0) is 56.0 Å². The van der Waals surface area contributed by atoms with Crippen molar-refractivity contribution in [3.8, 4) is 0 Å². The Kier molecular flexibility index (Phi) is 5.31. The smallest absolute Gasteiger partial charge is 0.255 e. The van der Waals surface area contributed by atoms with Gasteiger partial charge in [0.2, 0.25) is 0 Å². The third-order valence-corrected chi connectivity index (χ3v) is 6.15. The number of fused-ring (bicyclic) bond motifs is 1. The number of pyridine rings is 1. The van der Waals surface area contributed by atoms with Crippen molar-refractivity contribution in [2.45, 2.75) is 37.8 Å². The molecule has 2 saturated heterocycles. The van der Waals surface area contributed by atoms with Gasteiger partial charge >= 0.3 is 0 Å². The maximum absolute atomic E-state index is 14.4. The highest BCUT2D eigenvalue weighted by atomic mass is 19.1. The third kappa shape index (κ3) is 3.87. The molecule has 6 nitrogen and oxygen atoms in total. The topological polar surface area (TPSA) is 58.9 Å². The number of anilines is 1. The van der Waals surface area contributed by atoms with Crippen molar-refractivity contribution in [3.05, 3.63) is 65.5 Å². The first kappa shape index (κ1) is 19.9. The molecule has 4 heterocycles. The van der Waals surface area contributed by atoms with Gasteiger partial charge in [0.1, 0.15) is 11.6 Å². The fraction of sp³-hybridized carbons (Fsp3) is 0.391. The van der Waals surface area contributed by atoms with Gasteiger partial charge in [-0.25, -0.2) is 13.3 Å². The molecule has 5 rings (SSSR count). The summed E-state index contributed by atoms with van der Waals surface area (Å²) in [6, 6.07) is 7.13. The zero-order chi connectivity index (χ0) is 21.4. The van der Waals surface area contributed by atoms with Gasteiger partial charge in [0.15, 0.2) is 0 Å². The van der Waals surface area contributed by atoms with Crippen LogP contribution >= 0.6 is 0 Å². The average molecular weight is 426 g/mol. The lowest BCUT2D eigenvalue weighted by Gasteiger charge is -2.27. The van der Waals surface area contributed by atoms with E-state index < -0.39 is 11.6 Å². The van der Waals surface area contributed by atoms with Crippen LogP contribution in [0.1, 0.15) is 47.6 Å². The number of nitrogens with one attached hydrogen (secondary N) is 1. The number of hydrogen-bond donors (Lipinski definition) is 1. The number of aromatic nitrogens is 2. The van der Waals surface area contributed by atoms with Crippen molar-refractivity contribution in [1.82, 2.24) is 14.9 Å². The zero-order valence-electron chi connectivity index (χ0n) is 17.1. The van der Waals surface area contributed by atoms with E-state index in [9.17, 15) is 13.6 Å². The first-order valence-electron chi connectivity index (χ1n) is 10.7. The van der Waals surface area contributed by atoms with Gasteiger partial charge in [0.25, 0.3) is 5.91 Å². The van der Waals surface area contributed by atoms with Crippen molar-refractivity contribution >= 4 is 17.1 Å². The second-order valence-electron chi connectivity index (χ2n) is 8.18. The van der Waals surface area contributed by atoms with E-state index in [1.165, 1.54) is 12.1 Å². The van der Waals surface area contributed by atoms with Crippen LogP contribution < -0.4 is 10.2 Å². The van der Waals surface area contributed by atoms with Crippen LogP contribution in [0.25, 0.3) is 5.52 Å². The number of amides is 1. The summed E-state index contributed by atoms with van der Waals surface area (Å²) in [5.74, 6) is -1.03. The summed E-state index contributed by atoms with van der Waals surface area (Å²) in [6.07, 6.45) is 6.79. The number of hydrogen-bond acceptors (Lipinski definition) is 4. The molecule has 0 radical (unpaired) electrons. The molecule has 0 aliphatic carbocycles. The Morgan fingerprint density at radius 3 is 2.90 bits per heavy atom. The number of halogens is 2. The Morgan fingerprint density at radius 2 is 2.06 bits per heavy atom. The van der Waals surface area contributed by atoms with E-state index in [0.29, 0.717) is 23.3 Å². The Hall–Kier alpha value is -3.00. The third-order valence-electron chi connectivity index (χ3n) is 6.15. The monoisotopic (exact) mass is 426 g/mol. The molecule has 2 atom stereocenters. The van der Waals surface area contributed by atoms with E-state index in [-0.39, 0.29) is 18.0 Å². The summed E-state index contributed by atoms with van der Waals surface area (Å²) in [5.41, 5.74) is 2.38. The normalized spacial score (nSPS) is 21.5. The van der Waals surface area contributed by atoms with Crippen LogP contribution in [0, 0.1) is 11.6 Å². The summed E-state index contributed by atoms with van der Waals surface area (Å²) in [5, 5.41) is 7.33. The molecule has 3 aromatic rings. The van der Waals surface area contributed by atoms with Crippen LogP contribution in [0.2, 0.25) is 0 Å². The summed E-state index contributed by atoms with van der Waals surface area (Å²) < 4.78 is 35.3. The lowest BCUT2D eigenvalue weighted by Crippen LogP contribution is -2.40. The molecular formula is C23H24F2N4O2. The minimum Gasteiger partial charge on any atom is -0.379 e. The minimum absolute atomic E-state index is 0.00158. The van der Waals surface area contributed by atoms with E-state index in [4.69, 9.17) is 4.74 Å². The van der Waals surface area contributed by atoms with Gasteiger partial charge in [-0.2, -0.15) is 5.10 Å². The summed E-state index contributed by atoms with van der Waals surface area (Å²) >= 11 is 0. The highest BCUT2D eigenvalue weighted by Gasteiger charge is 2.29. The van der Waals surface area contributed by atoms with Crippen LogP contribution in [-0.4, -0.2) is 41.3 Å².